The lowest BCUT2D eigenvalue weighted by molar-refractivity contribution is 0.916. The summed E-state index contributed by atoms with van der Waals surface area (Å²) in [6.07, 6.45) is 2.83. The van der Waals surface area contributed by atoms with Gasteiger partial charge in [-0.15, -0.1) is 0 Å². The first-order chi connectivity index (χ1) is 4.79. The Labute approximate surface area is 62.1 Å². The van der Waals surface area contributed by atoms with E-state index in [9.17, 15) is 0 Å². The van der Waals surface area contributed by atoms with Crippen LogP contribution in [0.4, 0.5) is 0 Å². The van der Waals surface area contributed by atoms with Gasteiger partial charge in [0.1, 0.15) is 0 Å². The van der Waals surface area contributed by atoms with Crippen molar-refractivity contribution in [3.63, 3.8) is 0 Å². The minimum absolute atomic E-state index is 1.00. The van der Waals surface area contributed by atoms with Crippen LogP contribution < -0.4 is 0 Å². The molecular formula is C9H12N. The monoisotopic (exact) mass is 134 g/mol. The molecule has 0 aliphatic carbocycles. The van der Waals surface area contributed by atoms with Crippen LogP contribution in [0.3, 0.4) is 0 Å². The Morgan fingerprint density at radius 1 is 1.40 bits per heavy atom. The summed E-state index contributed by atoms with van der Waals surface area (Å²) >= 11 is 0. The highest BCUT2D eigenvalue weighted by Crippen LogP contribution is 2.04. The lowest BCUT2D eigenvalue weighted by atomic mass is 10.1. The maximum atomic E-state index is 4.20. The van der Waals surface area contributed by atoms with Crippen LogP contribution in [-0.2, 0) is 6.42 Å². The molecule has 0 bridgehead atoms. The third-order valence-corrected chi connectivity index (χ3v) is 1.26. The second-order valence-corrected chi connectivity index (χ2v) is 2.70. The quantitative estimate of drug-likeness (QED) is 0.604. The SMILES string of the molecule is C[C](C)Cc1ccccn1. The van der Waals surface area contributed by atoms with Crippen LogP contribution in [0.5, 0.6) is 0 Å². The van der Waals surface area contributed by atoms with Gasteiger partial charge in [0.2, 0.25) is 0 Å². The molecule has 0 aliphatic rings. The van der Waals surface area contributed by atoms with Crippen molar-refractivity contribution in [1.82, 2.24) is 4.98 Å². The second-order valence-electron chi connectivity index (χ2n) is 2.70. The van der Waals surface area contributed by atoms with Gasteiger partial charge in [-0.2, -0.15) is 0 Å². The average molecular weight is 134 g/mol. The largest absolute Gasteiger partial charge is 0.261 e. The Kier molecular flexibility index (Phi) is 2.43. The van der Waals surface area contributed by atoms with Gasteiger partial charge in [0.25, 0.3) is 0 Å². The summed E-state index contributed by atoms with van der Waals surface area (Å²) in [6.45, 7) is 4.24. The number of nitrogens with zero attached hydrogens (tertiary/aromatic N) is 1. The van der Waals surface area contributed by atoms with E-state index in [2.05, 4.69) is 18.8 Å². The average Bonchev–Trinajstić information content (AvgIpc) is 1.88. The maximum absolute atomic E-state index is 4.20. The molecule has 0 aliphatic heterocycles. The van der Waals surface area contributed by atoms with Gasteiger partial charge in [-0.05, 0) is 24.5 Å². The van der Waals surface area contributed by atoms with Crippen molar-refractivity contribution in [2.45, 2.75) is 20.3 Å². The molecule has 1 heteroatoms. The minimum Gasteiger partial charge on any atom is -0.261 e. The predicted octanol–water partition coefficient (Wildman–Crippen LogP) is 2.24. The van der Waals surface area contributed by atoms with Crippen molar-refractivity contribution in [2.24, 2.45) is 0 Å². The number of hydrogen-bond acceptors (Lipinski definition) is 1. The molecule has 0 saturated heterocycles. The normalized spacial score (nSPS) is 10.3. The maximum Gasteiger partial charge on any atom is 0.0409 e. The summed E-state index contributed by atoms with van der Waals surface area (Å²) in [6, 6.07) is 6.01. The van der Waals surface area contributed by atoms with Gasteiger partial charge in [-0.25, -0.2) is 0 Å². The first-order valence-corrected chi connectivity index (χ1v) is 3.48. The van der Waals surface area contributed by atoms with E-state index < -0.39 is 0 Å². The summed E-state index contributed by atoms with van der Waals surface area (Å²) < 4.78 is 0. The Morgan fingerprint density at radius 3 is 2.70 bits per heavy atom. The van der Waals surface area contributed by atoms with Gasteiger partial charge >= 0.3 is 0 Å². The molecule has 0 saturated carbocycles. The zero-order valence-electron chi connectivity index (χ0n) is 6.46. The van der Waals surface area contributed by atoms with Crippen molar-refractivity contribution in [3.05, 3.63) is 36.0 Å². The fourth-order valence-electron chi connectivity index (χ4n) is 0.865. The van der Waals surface area contributed by atoms with Crippen LogP contribution in [0.15, 0.2) is 24.4 Å². The number of rotatable bonds is 2. The summed E-state index contributed by atoms with van der Waals surface area (Å²) in [5.41, 5.74) is 1.16. The highest BCUT2D eigenvalue weighted by Gasteiger charge is 1.96. The molecule has 0 unspecified atom stereocenters. The molecule has 1 aromatic heterocycles. The third-order valence-electron chi connectivity index (χ3n) is 1.26. The van der Waals surface area contributed by atoms with E-state index >= 15 is 0 Å². The molecule has 53 valence electrons. The number of pyridine rings is 1. The fraction of sp³-hybridized carbons (Fsp3) is 0.333. The summed E-state index contributed by atoms with van der Waals surface area (Å²) in [5.74, 6) is 1.40. The smallest absolute Gasteiger partial charge is 0.0409 e. The standard InChI is InChI=1S/C9H12N/c1-8(2)7-9-5-3-4-6-10-9/h3-6H,7H2,1-2H3. The highest BCUT2D eigenvalue weighted by molar-refractivity contribution is 5.07. The van der Waals surface area contributed by atoms with Gasteiger partial charge in [0.05, 0.1) is 0 Å². The van der Waals surface area contributed by atoms with Crippen LogP contribution in [-0.4, -0.2) is 4.98 Å². The van der Waals surface area contributed by atoms with E-state index in [0.717, 1.165) is 12.1 Å². The molecule has 0 fully saturated rings. The fourth-order valence-corrected chi connectivity index (χ4v) is 0.865. The first-order valence-electron chi connectivity index (χ1n) is 3.48. The molecule has 1 nitrogen and oxygen atoms in total. The molecule has 10 heavy (non-hydrogen) atoms. The zero-order valence-corrected chi connectivity index (χ0v) is 6.46. The van der Waals surface area contributed by atoms with Crippen LogP contribution >= 0.6 is 0 Å². The molecule has 0 amide bonds. The Morgan fingerprint density at radius 2 is 2.20 bits per heavy atom. The van der Waals surface area contributed by atoms with E-state index in [4.69, 9.17) is 0 Å². The number of aromatic nitrogens is 1. The second kappa shape index (κ2) is 3.35. The zero-order chi connectivity index (χ0) is 7.40. The molecule has 1 heterocycles. The van der Waals surface area contributed by atoms with Crippen LogP contribution in [0.25, 0.3) is 0 Å². The summed E-state index contributed by atoms with van der Waals surface area (Å²) in [7, 11) is 0. The van der Waals surface area contributed by atoms with Gasteiger partial charge in [-0.3, -0.25) is 4.98 Å². The van der Waals surface area contributed by atoms with Gasteiger partial charge < -0.3 is 0 Å². The van der Waals surface area contributed by atoms with Gasteiger partial charge in [-0.1, -0.05) is 19.9 Å². The molecule has 0 N–H and O–H groups in total. The van der Waals surface area contributed by atoms with Gasteiger partial charge in [0, 0.05) is 11.9 Å². The predicted molar refractivity (Wildman–Crippen MR) is 42.5 cm³/mol. The Bertz CT molecular complexity index is 179. The summed E-state index contributed by atoms with van der Waals surface area (Å²) in [5, 5.41) is 0. The lowest BCUT2D eigenvalue weighted by Gasteiger charge is -2.00. The first kappa shape index (κ1) is 7.26. The van der Waals surface area contributed by atoms with Crippen molar-refractivity contribution < 1.29 is 0 Å². The topological polar surface area (TPSA) is 12.9 Å². The Balaban J connectivity index is 2.59. The van der Waals surface area contributed by atoms with E-state index in [1.165, 1.54) is 5.92 Å². The van der Waals surface area contributed by atoms with E-state index in [1.807, 2.05) is 24.4 Å². The highest BCUT2D eigenvalue weighted by atomic mass is 14.7. The van der Waals surface area contributed by atoms with Crippen LogP contribution in [0.1, 0.15) is 19.5 Å². The van der Waals surface area contributed by atoms with E-state index in [0.29, 0.717) is 0 Å². The lowest BCUT2D eigenvalue weighted by Crippen LogP contribution is -1.93. The Hall–Kier alpha value is -0.850. The van der Waals surface area contributed by atoms with Crippen molar-refractivity contribution in [3.8, 4) is 0 Å². The van der Waals surface area contributed by atoms with Crippen LogP contribution in [0, 0.1) is 5.92 Å². The summed E-state index contributed by atoms with van der Waals surface area (Å²) in [4.78, 5) is 4.20. The molecular weight excluding hydrogens is 122 g/mol. The van der Waals surface area contributed by atoms with Gasteiger partial charge in [0.15, 0.2) is 0 Å². The molecule has 0 atom stereocenters. The molecule has 1 rings (SSSR count). The van der Waals surface area contributed by atoms with E-state index in [1.54, 1.807) is 0 Å². The van der Waals surface area contributed by atoms with E-state index in [-0.39, 0.29) is 0 Å². The molecule has 0 spiro atoms. The third kappa shape index (κ3) is 2.18. The molecule has 1 aromatic rings. The molecule has 0 aromatic carbocycles. The molecule has 1 radical (unpaired) electrons. The van der Waals surface area contributed by atoms with Crippen LogP contribution in [0.2, 0.25) is 0 Å². The van der Waals surface area contributed by atoms with Crippen molar-refractivity contribution >= 4 is 0 Å². The minimum atomic E-state index is 1.00. The van der Waals surface area contributed by atoms with Crippen molar-refractivity contribution in [2.75, 3.05) is 0 Å². The van der Waals surface area contributed by atoms with Crippen molar-refractivity contribution in [1.29, 1.82) is 0 Å². The number of hydrogen-bond donors (Lipinski definition) is 0.